The van der Waals surface area contributed by atoms with Crippen LogP contribution >= 0.6 is 35.3 Å². The predicted octanol–water partition coefficient (Wildman–Crippen LogP) is 5.43. The topological polar surface area (TPSA) is 36.4 Å². The lowest BCUT2D eigenvalue weighted by molar-refractivity contribution is -0.118. The Bertz CT molecular complexity index is 962. The van der Waals surface area contributed by atoms with E-state index in [9.17, 15) is 9.18 Å². The SMILES string of the molecule is CCN(CC)CCN(C(=O)Cc1ccccc1Cl)c1nc2ccc(F)cc2s1.Cl. The van der Waals surface area contributed by atoms with Gasteiger partial charge in [0.2, 0.25) is 5.91 Å². The van der Waals surface area contributed by atoms with Gasteiger partial charge in [0.25, 0.3) is 0 Å². The van der Waals surface area contributed by atoms with Crippen molar-refractivity contribution in [2.45, 2.75) is 20.3 Å². The molecule has 0 saturated carbocycles. The van der Waals surface area contributed by atoms with Crippen LogP contribution in [0.1, 0.15) is 19.4 Å². The molecule has 1 heterocycles. The van der Waals surface area contributed by atoms with E-state index in [1.807, 2.05) is 18.2 Å². The lowest BCUT2D eigenvalue weighted by atomic mass is 10.1. The van der Waals surface area contributed by atoms with E-state index in [4.69, 9.17) is 11.6 Å². The molecule has 29 heavy (non-hydrogen) atoms. The molecular formula is C21H24Cl2FN3OS. The van der Waals surface area contributed by atoms with Crippen molar-refractivity contribution in [3.05, 3.63) is 58.9 Å². The Balaban J connectivity index is 0.00000300. The minimum atomic E-state index is -0.306. The normalized spacial score (nSPS) is 10.9. The second kappa shape index (κ2) is 10.9. The average molecular weight is 456 g/mol. The summed E-state index contributed by atoms with van der Waals surface area (Å²) in [5, 5.41) is 1.16. The molecule has 0 unspecified atom stereocenters. The fourth-order valence-corrected chi connectivity index (χ4v) is 4.25. The highest BCUT2D eigenvalue weighted by Crippen LogP contribution is 2.30. The summed E-state index contributed by atoms with van der Waals surface area (Å²) in [6, 6.07) is 11.8. The number of amides is 1. The number of carbonyl (C=O) groups excluding carboxylic acids is 1. The number of nitrogens with zero attached hydrogens (tertiary/aromatic N) is 3. The summed E-state index contributed by atoms with van der Waals surface area (Å²) in [7, 11) is 0. The molecule has 1 amide bonds. The van der Waals surface area contributed by atoms with Crippen molar-refractivity contribution in [1.82, 2.24) is 9.88 Å². The van der Waals surface area contributed by atoms with Crippen LogP contribution in [0.3, 0.4) is 0 Å². The monoisotopic (exact) mass is 455 g/mol. The van der Waals surface area contributed by atoms with E-state index >= 15 is 0 Å². The predicted molar refractivity (Wildman–Crippen MR) is 122 cm³/mol. The van der Waals surface area contributed by atoms with Gasteiger partial charge in [-0.2, -0.15) is 0 Å². The lowest BCUT2D eigenvalue weighted by Gasteiger charge is -2.25. The van der Waals surface area contributed by atoms with Crippen molar-refractivity contribution in [2.75, 3.05) is 31.1 Å². The van der Waals surface area contributed by atoms with Crippen LogP contribution in [0.2, 0.25) is 5.02 Å². The second-order valence-electron chi connectivity index (χ2n) is 6.45. The molecule has 8 heteroatoms. The molecular weight excluding hydrogens is 432 g/mol. The Morgan fingerprint density at radius 3 is 2.55 bits per heavy atom. The van der Waals surface area contributed by atoms with Crippen molar-refractivity contribution in [1.29, 1.82) is 0 Å². The molecule has 0 saturated heterocycles. The highest BCUT2D eigenvalue weighted by atomic mass is 35.5. The first-order valence-electron chi connectivity index (χ1n) is 9.34. The average Bonchev–Trinajstić information content (AvgIpc) is 3.09. The third kappa shape index (κ3) is 5.89. The highest BCUT2D eigenvalue weighted by molar-refractivity contribution is 7.22. The number of hydrogen-bond acceptors (Lipinski definition) is 4. The molecule has 4 nitrogen and oxygen atoms in total. The van der Waals surface area contributed by atoms with Crippen molar-refractivity contribution in [3.8, 4) is 0 Å². The van der Waals surface area contributed by atoms with Gasteiger partial charge >= 0.3 is 0 Å². The van der Waals surface area contributed by atoms with Gasteiger partial charge in [0.05, 0.1) is 16.6 Å². The molecule has 0 N–H and O–H groups in total. The standard InChI is InChI=1S/C21H23ClFN3OS.ClH/c1-3-25(4-2)11-12-26(20(27)13-15-7-5-6-8-17(15)22)21-24-18-10-9-16(23)14-19(18)28-21;/h5-10,14H,3-4,11-13H2,1-2H3;1H. The van der Waals surface area contributed by atoms with Crippen LogP contribution in [0.5, 0.6) is 0 Å². The number of benzene rings is 2. The van der Waals surface area contributed by atoms with Crippen LogP contribution in [0.25, 0.3) is 10.2 Å². The highest BCUT2D eigenvalue weighted by Gasteiger charge is 2.21. The van der Waals surface area contributed by atoms with E-state index in [0.29, 0.717) is 22.2 Å². The number of likely N-dealkylation sites (N-methyl/N-ethyl adjacent to an activating group) is 1. The van der Waals surface area contributed by atoms with Crippen LogP contribution in [-0.2, 0) is 11.2 Å². The van der Waals surface area contributed by atoms with Gasteiger partial charge in [-0.25, -0.2) is 9.37 Å². The molecule has 2 aromatic carbocycles. The molecule has 3 rings (SSSR count). The smallest absolute Gasteiger partial charge is 0.233 e. The first kappa shape index (κ1) is 23.5. The second-order valence-corrected chi connectivity index (χ2v) is 7.87. The van der Waals surface area contributed by atoms with Gasteiger partial charge in [-0.3, -0.25) is 9.69 Å². The summed E-state index contributed by atoms with van der Waals surface area (Å²) in [6.07, 6.45) is 0.197. The number of aromatic nitrogens is 1. The maximum atomic E-state index is 13.6. The van der Waals surface area contributed by atoms with Gasteiger partial charge in [-0.15, -0.1) is 12.4 Å². The number of fused-ring (bicyclic) bond motifs is 1. The van der Waals surface area contributed by atoms with E-state index in [-0.39, 0.29) is 30.6 Å². The van der Waals surface area contributed by atoms with Crippen LogP contribution in [0, 0.1) is 5.82 Å². The Morgan fingerprint density at radius 2 is 1.86 bits per heavy atom. The van der Waals surface area contributed by atoms with Gasteiger partial charge in [0, 0.05) is 18.1 Å². The quantitative estimate of drug-likeness (QED) is 0.454. The Kier molecular flexibility index (Phi) is 8.83. The van der Waals surface area contributed by atoms with Gasteiger partial charge in [0.15, 0.2) is 5.13 Å². The maximum Gasteiger partial charge on any atom is 0.233 e. The number of hydrogen-bond donors (Lipinski definition) is 0. The summed E-state index contributed by atoms with van der Waals surface area (Å²) in [5.41, 5.74) is 1.48. The lowest BCUT2D eigenvalue weighted by Crippen LogP contribution is -2.39. The number of halogens is 3. The van der Waals surface area contributed by atoms with Crippen LogP contribution < -0.4 is 4.90 Å². The fraction of sp³-hybridized carbons (Fsp3) is 0.333. The molecule has 3 aromatic rings. The molecule has 0 spiro atoms. The Hall–Kier alpha value is -1.73. The minimum absolute atomic E-state index is 0. The first-order chi connectivity index (χ1) is 13.5. The Morgan fingerprint density at radius 1 is 1.14 bits per heavy atom. The summed E-state index contributed by atoms with van der Waals surface area (Å²) in [5.74, 6) is -0.375. The molecule has 0 bridgehead atoms. The molecule has 0 fully saturated rings. The van der Waals surface area contributed by atoms with Crippen molar-refractivity contribution in [2.24, 2.45) is 0 Å². The molecule has 0 aliphatic carbocycles. The van der Waals surface area contributed by atoms with Gasteiger partial charge in [0.1, 0.15) is 5.82 Å². The van der Waals surface area contributed by atoms with Crippen molar-refractivity contribution < 1.29 is 9.18 Å². The molecule has 0 aliphatic rings. The fourth-order valence-electron chi connectivity index (χ4n) is 3.01. The summed E-state index contributed by atoms with van der Waals surface area (Å²) < 4.78 is 14.3. The molecule has 0 radical (unpaired) electrons. The van der Waals surface area contributed by atoms with Crippen LogP contribution in [-0.4, -0.2) is 42.0 Å². The Labute approximate surface area is 185 Å². The van der Waals surface area contributed by atoms with Crippen molar-refractivity contribution in [3.63, 3.8) is 0 Å². The molecule has 1 aromatic heterocycles. The zero-order chi connectivity index (χ0) is 20.1. The van der Waals surface area contributed by atoms with Gasteiger partial charge < -0.3 is 4.90 Å². The van der Waals surface area contributed by atoms with E-state index in [0.717, 1.165) is 29.9 Å². The van der Waals surface area contributed by atoms with Crippen LogP contribution in [0.15, 0.2) is 42.5 Å². The number of rotatable bonds is 8. The van der Waals surface area contributed by atoms with E-state index in [1.54, 1.807) is 17.0 Å². The van der Waals surface area contributed by atoms with Gasteiger partial charge in [-0.1, -0.05) is 55.0 Å². The van der Waals surface area contributed by atoms with E-state index < -0.39 is 0 Å². The van der Waals surface area contributed by atoms with E-state index in [1.165, 1.54) is 23.5 Å². The zero-order valence-electron chi connectivity index (χ0n) is 16.4. The minimum Gasteiger partial charge on any atom is -0.302 e. The molecule has 156 valence electrons. The third-order valence-corrected chi connectivity index (χ3v) is 6.11. The maximum absolute atomic E-state index is 13.6. The number of thiazole rings is 1. The number of anilines is 1. The summed E-state index contributed by atoms with van der Waals surface area (Å²) >= 11 is 7.57. The third-order valence-electron chi connectivity index (χ3n) is 4.70. The largest absolute Gasteiger partial charge is 0.302 e. The van der Waals surface area contributed by atoms with Crippen molar-refractivity contribution >= 4 is 56.6 Å². The first-order valence-corrected chi connectivity index (χ1v) is 10.5. The number of carbonyl (C=O) groups is 1. The summed E-state index contributed by atoms with van der Waals surface area (Å²) in [4.78, 5) is 21.7. The zero-order valence-corrected chi connectivity index (χ0v) is 18.8. The van der Waals surface area contributed by atoms with Gasteiger partial charge in [-0.05, 0) is 42.9 Å². The summed E-state index contributed by atoms with van der Waals surface area (Å²) in [6.45, 7) is 7.28. The molecule has 0 atom stereocenters. The van der Waals surface area contributed by atoms with E-state index in [2.05, 4.69) is 23.7 Å². The van der Waals surface area contributed by atoms with Crippen LogP contribution in [0.4, 0.5) is 9.52 Å². The molecule has 0 aliphatic heterocycles.